The second kappa shape index (κ2) is 8.32. The predicted molar refractivity (Wildman–Crippen MR) is 98.5 cm³/mol. The molecule has 2 aromatic carbocycles. The second-order valence-corrected chi connectivity index (χ2v) is 6.18. The van der Waals surface area contributed by atoms with Crippen molar-refractivity contribution in [3.63, 3.8) is 0 Å². The van der Waals surface area contributed by atoms with Crippen LogP contribution < -0.4 is 10.1 Å². The molecule has 3 rings (SSSR count). The monoisotopic (exact) mass is 385 g/mol. The quantitative estimate of drug-likeness (QED) is 0.594. The number of carboxylic acid groups (broad SMARTS) is 1. The summed E-state index contributed by atoms with van der Waals surface area (Å²) in [5.74, 6) is -0.892. The number of para-hydroxylation sites is 3. The number of hydrogen-bond donors (Lipinski definition) is 2. The third-order valence-electron chi connectivity index (χ3n) is 3.52. The van der Waals surface area contributed by atoms with E-state index < -0.39 is 5.97 Å². The lowest BCUT2D eigenvalue weighted by Crippen LogP contribution is -2.17. The number of rotatable bonds is 7. The van der Waals surface area contributed by atoms with Crippen molar-refractivity contribution in [2.45, 2.75) is 5.16 Å². The third-order valence-corrected chi connectivity index (χ3v) is 4.44. The fourth-order valence-electron chi connectivity index (χ4n) is 2.32. The van der Waals surface area contributed by atoms with Gasteiger partial charge in [-0.15, -0.1) is 5.10 Å². The van der Waals surface area contributed by atoms with Gasteiger partial charge in [0, 0.05) is 0 Å². The third kappa shape index (κ3) is 4.23. The minimum atomic E-state index is -1.11. The van der Waals surface area contributed by atoms with E-state index in [-0.39, 0.29) is 22.9 Å². The van der Waals surface area contributed by atoms with Gasteiger partial charge in [-0.3, -0.25) is 4.79 Å². The van der Waals surface area contributed by atoms with Crippen LogP contribution in [0.5, 0.6) is 5.75 Å². The van der Waals surface area contributed by atoms with E-state index in [1.54, 1.807) is 31.4 Å². The fourth-order valence-corrected chi connectivity index (χ4v) is 3.00. The number of aromatic carboxylic acids is 1. The molecule has 0 bridgehead atoms. The van der Waals surface area contributed by atoms with Gasteiger partial charge in [-0.2, -0.15) is 4.68 Å². The van der Waals surface area contributed by atoms with E-state index in [0.29, 0.717) is 16.6 Å². The lowest BCUT2D eigenvalue weighted by Gasteiger charge is -2.09. The van der Waals surface area contributed by atoms with Crippen LogP contribution in [0.4, 0.5) is 5.69 Å². The van der Waals surface area contributed by atoms with Crippen molar-refractivity contribution in [1.29, 1.82) is 0 Å². The Morgan fingerprint density at radius 2 is 1.93 bits per heavy atom. The molecule has 0 aliphatic carbocycles. The first-order valence-corrected chi connectivity index (χ1v) is 8.75. The number of benzene rings is 2. The highest BCUT2D eigenvalue weighted by molar-refractivity contribution is 7.99. The summed E-state index contributed by atoms with van der Waals surface area (Å²) >= 11 is 1.12. The van der Waals surface area contributed by atoms with Crippen LogP contribution >= 0.6 is 11.8 Å². The maximum absolute atomic E-state index is 12.2. The zero-order valence-corrected chi connectivity index (χ0v) is 15.0. The van der Waals surface area contributed by atoms with Gasteiger partial charge in [-0.1, -0.05) is 36.0 Å². The maximum atomic E-state index is 12.2. The number of aromatic nitrogens is 4. The number of anilines is 1. The summed E-state index contributed by atoms with van der Waals surface area (Å²) in [5.41, 5.74) is 0.902. The van der Waals surface area contributed by atoms with E-state index >= 15 is 0 Å². The van der Waals surface area contributed by atoms with Gasteiger partial charge < -0.3 is 15.2 Å². The summed E-state index contributed by atoms with van der Waals surface area (Å²) in [6.07, 6.45) is 0. The van der Waals surface area contributed by atoms with Crippen molar-refractivity contribution in [2.75, 3.05) is 18.2 Å². The van der Waals surface area contributed by atoms with Crippen LogP contribution in [0.2, 0.25) is 0 Å². The number of nitrogens with zero attached hydrogens (tertiary/aromatic N) is 4. The maximum Gasteiger partial charge on any atom is 0.337 e. The molecule has 1 aromatic heterocycles. The molecule has 0 spiro atoms. The summed E-state index contributed by atoms with van der Waals surface area (Å²) in [6.45, 7) is 0. The minimum Gasteiger partial charge on any atom is -0.494 e. The van der Waals surface area contributed by atoms with Gasteiger partial charge >= 0.3 is 5.97 Å². The summed E-state index contributed by atoms with van der Waals surface area (Å²) in [7, 11) is 1.54. The molecule has 1 heterocycles. The van der Waals surface area contributed by atoms with Crippen molar-refractivity contribution in [3.05, 3.63) is 54.1 Å². The highest BCUT2D eigenvalue weighted by atomic mass is 32.2. The van der Waals surface area contributed by atoms with Crippen LogP contribution in [0.15, 0.2) is 53.7 Å². The number of thioether (sulfide) groups is 1. The highest BCUT2D eigenvalue weighted by Crippen LogP contribution is 2.25. The Labute approximate surface area is 158 Å². The Hall–Kier alpha value is -3.40. The van der Waals surface area contributed by atoms with Gasteiger partial charge in [-0.05, 0) is 34.7 Å². The van der Waals surface area contributed by atoms with Crippen LogP contribution in [-0.2, 0) is 4.79 Å². The summed E-state index contributed by atoms with van der Waals surface area (Å²) in [4.78, 5) is 23.4. The van der Waals surface area contributed by atoms with Crippen molar-refractivity contribution in [3.8, 4) is 11.4 Å². The van der Waals surface area contributed by atoms with E-state index in [4.69, 9.17) is 4.74 Å². The number of methoxy groups -OCH3 is 1. The molecule has 0 saturated heterocycles. The van der Waals surface area contributed by atoms with Gasteiger partial charge in [0.1, 0.15) is 11.4 Å². The normalized spacial score (nSPS) is 10.4. The molecule has 0 radical (unpaired) electrons. The van der Waals surface area contributed by atoms with E-state index in [1.807, 2.05) is 12.1 Å². The first kappa shape index (κ1) is 18.4. The van der Waals surface area contributed by atoms with Gasteiger partial charge in [-0.25, -0.2) is 4.79 Å². The Morgan fingerprint density at radius 1 is 1.19 bits per heavy atom. The molecular weight excluding hydrogens is 370 g/mol. The number of hydrogen-bond acceptors (Lipinski definition) is 7. The molecule has 9 nitrogen and oxygen atoms in total. The lowest BCUT2D eigenvalue weighted by atomic mass is 10.2. The van der Waals surface area contributed by atoms with E-state index in [1.165, 1.54) is 16.8 Å². The molecule has 0 atom stereocenters. The SMILES string of the molecule is COc1ccccc1-n1nnnc1SCC(=O)Nc1ccccc1C(=O)O. The molecule has 10 heteroatoms. The van der Waals surface area contributed by atoms with Crippen LogP contribution in [0.3, 0.4) is 0 Å². The molecule has 2 N–H and O–H groups in total. The van der Waals surface area contributed by atoms with E-state index in [9.17, 15) is 14.7 Å². The largest absolute Gasteiger partial charge is 0.494 e. The second-order valence-electron chi connectivity index (χ2n) is 5.23. The summed E-state index contributed by atoms with van der Waals surface area (Å²) in [5, 5.41) is 23.7. The van der Waals surface area contributed by atoms with Crippen LogP contribution in [0, 0.1) is 0 Å². The van der Waals surface area contributed by atoms with Gasteiger partial charge in [0.25, 0.3) is 0 Å². The molecule has 3 aromatic rings. The number of ether oxygens (including phenoxy) is 1. The topological polar surface area (TPSA) is 119 Å². The summed E-state index contributed by atoms with van der Waals surface area (Å²) in [6, 6.07) is 13.4. The van der Waals surface area contributed by atoms with Crippen molar-refractivity contribution in [2.24, 2.45) is 0 Å². The lowest BCUT2D eigenvalue weighted by molar-refractivity contribution is -0.113. The van der Waals surface area contributed by atoms with E-state index in [0.717, 1.165) is 11.8 Å². The number of amides is 1. The minimum absolute atomic E-state index is 0.00345. The van der Waals surface area contributed by atoms with Crippen LogP contribution in [0.25, 0.3) is 5.69 Å². The first-order chi connectivity index (χ1) is 13.1. The number of tetrazole rings is 1. The number of carbonyl (C=O) groups is 2. The van der Waals surface area contributed by atoms with Crippen molar-refractivity contribution >= 4 is 29.3 Å². The van der Waals surface area contributed by atoms with Crippen LogP contribution in [-0.4, -0.2) is 50.1 Å². The van der Waals surface area contributed by atoms with Gasteiger partial charge in [0.15, 0.2) is 0 Å². The molecule has 0 unspecified atom stereocenters. The van der Waals surface area contributed by atoms with Crippen LogP contribution in [0.1, 0.15) is 10.4 Å². The van der Waals surface area contributed by atoms with Gasteiger partial charge in [0.2, 0.25) is 11.1 Å². The fraction of sp³-hybridized carbons (Fsp3) is 0.118. The average molecular weight is 385 g/mol. The summed E-state index contributed by atoms with van der Waals surface area (Å²) < 4.78 is 6.78. The average Bonchev–Trinajstić information content (AvgIpc) is 3.15. The predicted octanol–water partition coefficient (Wildman–Crippen LogP) is 2.10. The molecule has 138 valence electrons. The number of carbonyl (C=O) groups excluding carboxylic acids is 1. The van der Waals surface area contributed by atoms with E-state index in [2.05, 4.69) is 20.8 Å². The molecule has 0 aliphatic heterocycles. The number of carboxylic acids is 1. The smallest absolute Gasteiger partial charge is 0.337 e. The first-order valence-electron chi connectivity index (χ1n) is 7.77. The zero-order valence-electron chi connectivity index (χ0n) is 14.2. The Balaban J connectivity index is 1.71. The molecule has 0 saturated carbocycles. The highest BCUT2D eigenvalue weighted by Gasteiger charge is 2.16. The number of nitrogens with one attached hydrogen (secondary N) is 1. The molecular formula is C17H15N5O4S. The Bertz CT molecular complexity index is 975. The standard InChI is InChI=1S/C17H15N5O4S/c1-26-14-9-5-4-8-13(14)22-17(19-20-21-22)27-10-15(23)18-12-7-3-2-6-11(12)16(24)25/h2-9H,10H2,1H3,(H,18,23)(H,24,25). The molecule has 0 fully saturated rings. The molecule has 0 aliphatic rings. The zero-order chi connectivity index (χ0) is 19.2. The van der Waals surface area contributed by atoms with Gasteiger partial charge in [0.05, 0.1) is 24.1 Å². The molecule has 1 amide bonds. The Kier molecular flexibility index (Phi) is 5.67. The molecule has 27 heavy (non-hydrogen) atoms. The van der Waals surface area contributed by atoms with Crippen molar-refractivity contribution in [1.82, 2.24) is 20.2 Å². The van der Waals surface area contributed by atoms with Crippen molar-refractivity contribution < 1.29 is 19.4 Å². The Morgan fingerprint density at radius 3 is 2.70 bits per heavy atom.